The molecule has 1 aromatic carbocycles. The largest absolute Gasteiger partial charge is 0.329 e. The number of benzene rings is 1. The van der Waals surface area contributed by atoms with E-state index in [0.717, 1.165) is 5.69 Å². The third kappa shape index (κ3) is 2.35. The molecule has 78 valence electrons. The lowest BCUT2D eigenvalue weighted by atomic mass is 10.3. The second kappa shape index (κ2) is 4.43. The number of nitrogen functional groups attached to an aromatic ring is 1. The van der Waals surface area contributed by atoms with Crippen molar-refractivity contribution in [1.82, 2.24) is 10.2 Å². The maximum atomic E-state index is 5.97. The van der Waals surface area contributed by atoms with Crippen molar-refractivity contribution in [3.63, 3.8) is 0 Å². The maximum absolute atomic E-state index is 5.97. The molecule has 2 rings (SSSR count). The van der Waals surface area contributed by atoms with Crippen LogP contribution >= 0.6 is 22.9 Å². The highest BCUT2D eigenvalue weighted by Gasteiger charge is 2.04. The predicted octanol–water partition coefficient (Wildman–Crippen LogP) is 2.22. The Bertz CT molecular complexity index is 458. The molecule has 0 fully saturated rings. The zero-order valence-corrected chi connectivity index (χ0v) is 9.14. The van der Waals surface area contributed by atoms with Crippen molar-refractivity contribution in [3.05, 3.63) is 29.3 Å². The lowest BCUT2D eigenvalue weighted by Gasteiger charge is -2.02. The molecule has 1 heterocycles. The van der Waals surface area contributed by atoms with E-state index in [4.69, 9.17) is 17.4 Å². The minimum atomic E-state index is 0.546. The van der Waals surface area contributed by atoms with E-state index in [-0.39, 0.29) is 0 Å². The van der Waals surface area contributed by atoms with Crippen LogP contribution in [0.5, 0.6) is 0 Å². The van der Waals surface area contributed by atoms with Gasteiger partial charge in [0.15, 0.2) is 0 Å². The van der Waals surface area contributed by atoms with Crippen LogP contribution in [0.4, 0.5) is 16.0 Å². The quantitative estimate of drug-likeness (QED) is 0.568. The Hall–Kier alpha value is -1.37. The summed E-state index contributed by atoms with van der Waals surface area (Å²) in [7, 11) is 0. The minimum Gasteiger partial charge on any atom is -0.329 e. The standard InChI is InChI=1S/C8H8ClN5S/c9-5-3-1-2-4-6(5)11-7-13-14-8(12-10)15-7/h1-4H,10H2,(H,11,13)(H,12,14). The summed E-state index contributed by atoms with van der Waals surface area (Å²) in [5.74, 6) is 5.19. The molecule has 0 saturated heterocycles. The van der Waals surface area contributed by atoms with E-state index >= 15 is 0 Å². The molecule has 0 bridgehead atoms. The summed E-state index contributed by atoms with van der Waals surface area (Å²) < 4.78 is 0. The van der Waals surface area contributed by atoms with Crippen molar-refractivity contribution in [2.75, 3.05) is 10.7 Å². The second-order valence-corrected chi connectivity index (χ2v) is 4.05. The Balaban J connectivity index is 2.18. The van der Waals surface area contributed by atoms with Crippen LogP contribution in [0.3, 0.4) is 0 Å². The van der Waals surface area contributed by atoms with Gasteiger partial charge in [-0.1, -0.05) is 35.1 Å². The zero-order chi connectivity index (χ0) is 10.7. The van der Waals surface area contributed by atoms with Gasteiger partial charge >= 0.3 is 0 Å². The van der Waals surface area contributed by atoms with Crippen LogP contribution in [0, 0.1) is 0 Å². The molecule has 0 atom stereocenters. The number of para-hydroxylation sites is 1. The molecule has 0 spiro atoms. The van der Waals surface area contributed by atoms with Crippen LogP contribution in [0.2, 0.25) is 5.02 Å². The molecule has 0 aliphatic rings. The van der Waals surface area contributed by atoms with Crippen molar-refractivity contribution in [1.29, 1.82) is 0 Å². The molecule has 4 N–H and O–H groups in total. The predicted molar refractivity (Wildman–Crippen MR) is 62.5 cm³/mol. The first kappa shape index (κ1) is 10.2. The normalized spacial score (nSPS) is 10.0. The average molecular weight is 242 g/mol. The van der Waals surface area contributed by atoms with Crippen LogP contribution in [0.1, 0.15) is 0 Å². The van der Waals surface area contributed by atoms with Gasteiger partial charge in [0.2, 0.25) is 10.3 Å². The number of hydrazine groups is 1. The molecule has 0 aliphatic carbocycles. The van der Waals surface area contributed by atoms with E-state index in [1.807, 2.05) is 18.2 Å². The number of hydrogen-bond acceptors (Lipinski definition) is 6. The average Bonchev–Trinajstić information content (AvgIpc) is 2.69. The molecule has 0 radical (unpaired) electrons. The summed E-state index contributed by atoms with van der Waals surface area (Å²) in [5.41, 5.74) is 3.21. The van der Waals surface area contributed by atoms with Crippen molar-refractivity contribution >= 4 is 38.9 Å². The summed E-state index contributed by atoms with van der Waals surface area (Å²) in [6.07, 6.45) is 0. The fourth-order valence-corrected chi connectivity index (χ4v) is 1.76. The van der Waals surface area contributed by atoms with Crippen LogP contribution in [-0.2, 0) is 0 Å². The van der Waals surface area contributed by atoms with Gasteiger partial charge in [-0.3, -0.25) is 5.43 Å². The number of nitrogens with zero attached hydrogens (tertiary/aromatic N) is 2. The highest BCUT2D eigenvalue weighted by Crippen LogP contribution is 2.27. The number of halogens is 1. The Morgan fingerprint density at radius 3 is 2.60 bits per heavy atom. The summed E-state index contributed by atoms with van der Waals surface area (Å²) in [5, 5.41) is 12.5. The Morgan fingerprint density at radius 2 is 1.93 bits per heavy atom. The molecule has 0 unspecified atom stereocenters. The van der Waals surface area contributed by atoms with Gasteiger partial charge in [0.1, 0.15) is 0 Å². The lowest BCUT2D eigenvalue weighted by Crippen LogP contribution is -2.05. The minimum absolute atomic E-state index is 0.546. The molecule has 1 aromatic heterocycles. The fraction of sp³-hybridized carbons (Fsp3) is 0. The van der Waals surface area contributed by atoms with E-state index < -0.39 is 0 Å². The number of hydrogen-bond donors (Lipinski definition) is 3. The fourth-order valence-electron chi connectivity index (χ4n) is 1.01. The summed E-state index contributed by atoms with van der Waals surface area (Å²) in [6.45, 7) is 0. The van der Waals surface area contributed by atoms with Gasteiger partial charge in [0.25, 0.3) is 0 Å². The first-order valence-electron chi connectivity index (χ1n) is 4.11. The van der Waals surface area contributed by atoms with Gasteiger partial charge in [-0.15, -0.1) is 10.2 Å². The maximum Gasteiger partial charge on any atom is 0.221 e. The molecule has 0 aliphatic heterocycles. The molecule has 15 heavy (non-hydrogen) atoms. The van der Waals surface area contributed by atoms with Crippen molar-refractivity contribution < 1.29 is 0 Å². The first-order valence-corrected chi connectivity index (χ1v) is 5.30. The molecule has 0 saturated carbocycles. The van der Waals surface area contributed by atoms with Gasteiger partial charge in [-0.25, -0.2) is 5.84 Å². The van der Waals surface area contributed by atoms with Crippen molar-refractivity contribution in [2.24, 2.45) is 5.84 Å². The van der Waals surface area contributed by atoms with E-state index in [1.165, 1.54) is 11.3 Å². The number of nitrogens with one attached hydrogen (secondary N) is 2. The third-order valence-electron chi connectivity index (χ3n) is 1.66. The molecule has 7 heteroatoms. The van der Waals surface area contributed by atoms with Crippen LogP contribution < -0.4 is 16.6 Å². The van der Waals surface area contributed by atoms with Gasteiger partial charge in [-0.2, -0.15) is 0 Å². The molecular formula is C8H8ClN5S. The van der Waals surface area contributed by atoms with Gasteiger partial charge in [-0.05, 0) is 12.1 Å². The number of anilines is 3. The second-order valence-electron chi connectivity index (χ2n) is 2.66. The van der Waals surface area contributed by atoms with Gasteiger partial charge in [0, 0.05) is 0 Å². The van der Waals surface area contributed by atoms with E-state index in [2.05, 4.69) is 20.9 Å². The van der Waals surface area contributed by atoms with E-state index in [9.17, 15) is 0 Å². The van der Waals surface area contributed by atoms with Crippen LogP contribution in [-0.4, -0.2) is 10.2 Å². The lowest BCUT2D eigenvalue weighted by molar-refractivity contribution is 1.08. The monoisotopic (exact) mass is 241 g/mol. The number of rotatable bonds is 3. The third-order valence-corrected chi connectivity index (χ3v) is 2.76. The van der Waals surface area contributed by atoms with E-state index in [1.54, 1.807) is 6.07 Å². The molecular weight excluding hydrogens is 234 g/mol. The Labute approximate surface area is 95.2 Å². The summed E-state index contributed by atoms with van der Waals surface area (Å²) in [6, 6.07) is 7.41. The highest BCUT2D eigenvalue weighted by atomic mass is 35.5. The SMILES string of the molecule is NNc1nnc(Nc2ccccc2Cl)s1. The first-order chi connectivity index (χ1) is 7.29. The Morgan fingerprint density at radius 1 is 1.20 bits per heavy atom. The van der Waals surface area contributed by atoms with Gasteiger partial charge in [0.05, 0.1) is 10.7 Å². The number of nitrogens with two attached hydrogens (primary N) is 1. The van der Waals surface area contributed by atoms with Crippen molar-refractivity contribution in [3.8, 4) is 0 Å². The van der Waals surface area contributed by atoms with Crippen molar-refractivity contribution in [2.45, 2.75) is 0 Å². The molecule has 2 aromatic rings. The smallest absolute Gasteiger partial charge is 0.221 e. The zero-order valence-electron chi connectivity index (χ0n) is 7.57. The van der Waals surface area contributed by atoms with Gasteiger partial charge < -0.3 is 5.32 Å². The Kier molecular flexibility index (Phi) is 3.00. The number of aromatic nitrogens is 2. The summed E-state index contributed by atoms with van der Waals surface area (Å²) >= 11 is 7.28. The molecule has 5 nitrogen and oxygen atoms in total. The van der Waals surface area contributed by atoms with Crippen LogP contribution in [0.25, 0.3) is 0 Å². The topological polar surface area (TPSA) is 75.9 Å². The van der Waals surface area contributed by atoms with Crippen LogP contribution in [0.15, 0.2) is 24.3 Å². The highest BCUT2D eigenvalue weighted by molar-refractivity contribution is 7.19. The van der Waals surface area contributed by atoms with E-state index in [0.29, 0.717) is 15.3 Å². The summed E-state index contributed by atoms with van der Waals surface area (Å²) in [4.78, 5) is 0. The molecule has 0 amide bonds.